The van der Waals surface area contributed by atoms with Gasteiger partial charge in [0.15, 0.2) is 11.6 Å². The van der Waals surface area contributed by atoms with Gasteiger partial charge in [0.25, 0.3) is 0 Å². The van der Waals surface area contributed by atoms with E-state index in [1.54, 1.807) is 16.0 Å². The lowest BCUT2D eigenvalue weighted by atomic mass is 9.90. The Morgan fingerprint density at radius 1 is 0.582 bits per heavy atom. The van der Waals surface area contributed by atoms with E-state index in [0.29, 0.717) is 25.9 Å². The van der Waals surface area contributed by atoms with E-state index in [0.717, 1.165) is 64.8 Å². The van der Waals surface area contributed by atoms with Crippen LogP contribution in [0.5, 0.6) is 0 Å². The van der Waals surface area contributed by atoms with Crippen LogP contribution >= 0.6 is 0 Å². The number of Topliss-reactive ketones (excluding diaryl/α,β-unsaturated/α-hetero) is 2. The first-order valence-electron chi connectivity index (χ1n) is 24.0. The summed E-state index contributed by atoms with van der Waals surface area (Å²) in [5.41, 5.74) is 7.25. The number of amides is 2. The molecule has 3 aliphatic rings. The second kappa shape index (κ2) is 22.1. The van der Waals surface area contributed by atoms with Crippen molar-refractivity contribution in [2.45, 2.75) is 116 Å². The molecule has 67 heavy (non-hydrogen) atoms. The molecule has 0 spiro atoms. The van der Waals surface area contributed by atoms with Gasteiger partial charge in [-0.25, -0.2) is 0 Å². The van der Waals surface area contributed by atoms with Crippen molar-refractivity contribution in [2.75, 3.05) is 32.2 Å². The van der Waals surface area contributed by atoms with Crippen molar-refractivity contribution in [3.63, 3.8) is 0 Å². The van der Waals surface area contributed by atoms with Crippen LogP contribution in [0.2, 0.25) is 0 Å². The molecular formula is C55H66N4O8. The molecule has 354 valence electrons. The Bertz CT molecular complexity index is 2240. The van der Waals surface area contributed by atoms with Crippen molar-refractivity contribution >= 4 is 41.0 Å². The second-order valence-corrected chi connectivity index (χ2v) is 19.2. The maximum atomic E-state index is 13.8. The Hall–Kier alpha value is -6.17. The van der Waals surface area contributed by atoms with Crippen molar-refractivity contribution in [3.8, 4) is 11.1 Å². The van der Waals surface area contributed by atoms with Gasteiger partial charge in [0.1, 0.15) is 0 Å². The van der Waals surface area contributed by atoms with E-state index in [2.05, 4.69) is 58.4 Å². The van der Waals surface area contributed by atoms with Crippen LogP contribution in [0.25, 0.3) is 11.1 Å². The summed E-state index contributed by atoms with van der Waals surface area (Å²) in [5, 5.41) is 0. The number of ketones is 2. The number of hydrogen-bond donors (Lipinski definition) is 0. The Kier molecular flexibility index (Phi) is 16.1. The zero-order valence-corrected chi connectivity index (χ0v) is 39.9. The van der Waals surface area contributed by atoms with Crippen LogP contribution in [0.3, 0.4) is 0 Å². The summed E-state index contributed by atoms with van der Waals surface area (Å²) in [4.78, 5) is 89.6. The molecule has 0 unspecified atom stereocenters. The maximum Gasteiger partial charge on any atom is 0.306 e. The third-order valence-electron chi connectivity index (χ3n) is 14.3. The van der Waals surface area contributed by atoms with Crippen LogP contribution in [0.4, 0.5) is 5.69 Å². The zero-order valence-electron chi connectivity index (χ0n) is 39.9. The molecule has 12 nitrogen and oxygen atoms in total. The predicted octanol–water partition coefficient (Wildman–Crippen LogP) is 8.71. The monoisotopic (exact) mass is 910 g/mol. The molecule has 0 N–H and O–H groups in total. The fourth-order valence-electron chi connectivity index (χ4n) is 10.4. The molecule has 2 amide bonds. The molecule has 6 atom stereocenters. The summed E-state index contributed by atoms with van der Waals surface area (Å²) in [6, 6.07) is 28.3. The first-order valence-corrected chi connectivity index (χ1v) is 24.0. The number of pyridine rings is 1. The van der Waals surface area contributed by atoms with Gasteiger partial charge in [-0.05, 0) is 102 Å². The highest BCUT2D eigenvalue weighted by molar-refractivity contribution is 5.93. The van der Waals surface area contributed by atoms with Crippen LogP contribution in [0.1, 0.15) is 113 Å². The maximum absolute atomic E-state index is 13.8. The van der Waals surface area contributed by atoms with Crippen molar-refractivity contribution in [1.82, 2.24) is 14.8 Å². The Morgan fingerprint density at radius 2 is 1.03 bits per heavy atom. The number of likely N-dealkylation sites (tertiary alicyclic amines) is 2. The minimum atomic E-state index is -0.539. The van der Waals surface area contributed by atoms with Crippen molar-refractivity contribution < 1.29 is 38.2 Å². The molecular weight excluding hydrogens is 845 g/mol. The van der Waals surface area contributed by atoms with E-state index in [1.807, 2.05) is 70.3 Å². The van der Waals surface area contributed by atoms with E-state index < -0.39 is 35.9 Å². The largest absolute Gasteiger partial charge is 0.469 e. The van der Waals surface area contributed by atoms with Gasteiger partial charge in [0, 0.05) is 44.0 Å². The van der Waals surface area contributed by atoms with Crippen molar-refractivity contribution in [3.05, 3.63) is 120 Å². The normalized spacial score (nSPS) is 20.3. The molecule has 1 aromatic heterocycles. The molecule has 3 fully saturated rings. The van der Waals surface area contributed by atoms with Gasteiger partial charge in [-0.2, -0.15) is 0 Å². The molecule has 0 saturated carbocycles. The molecule has 3 aliphatic heterocycles. The summed E-state index contributed by atoms with van der Waals surface area (Å²) in [5.74, 6) is -2.38. The summed E-state index contributed by atoms with van der Waals surface area (Å²) < 4.78 is 9.75. The lowest BCUT2D eigenvalue weighted by molar-refractivity contribution is -0.149. The molecule has 0 radical (unpaired) electrons. The molecule has 3 aromatic carbocycles. The number of benzene rings is 3. The SMILES string of the molecule is COC(=O)C[C@H](C(=O)N1CCC[C@H]1C(=O)Cc1ccc([C@H]2CC[C@H](c3ccc(CC(=O)[C@@H]4CCCN4C(=O)[C@@H](CC(=O)OC)C(C)C)cc3)N2c2ccc(-c3cccnc3)cc2)cc1)C(C)C. The highest BCUT2D eigenvalue weighted by Crippen LogP contribution is 2.47. The van der Waals surface area contributed by atoms with Crippen molar-refractivity contribution in [1.29, 1.82) is 0 Å². The second-order valence-electron chi connectivity index (χ2n) is 19.2. The highest BCUT2D eigenvalue weighted by atomic mass is 16.5. The topological polar surface area (TPSA) is 143 Å². The lowest BCUT2D eigenvalue weighted by Crippen LogP contribution is -2.45. The third-order valence-corrected chi connectivity index (χ3v) is 14.3. The van der Waals surface area contributed by atoms with E-state index in [1.165, 1.54) is 14.2 Å². The summed E-state index contributed by atoms with van der Waals surface area (Å²) in [6.07, 6.45) is 8.55. The number of ether oxygens (including phenoxy) is 2. The number of esters is 2. The van der Waals surface area contributed by atoms with Crippen LogP contribution in [0.15, 0.2) is 97.3 Å². The number of methoxy groups -OCH3 is 2. The number of carbonyl (C=O) groups is 6. The van der Waals surface area contributed by atoms with E-state index in [-0.39, 0.29) is 73.0 Å². The van der Waals surface area contributed by atoms with Gasteiger partial charge in [-0.1, -0.05) is 94.4 Å². The van der Waals surface area contributed by atoms with E-state index in [9.17, 15) is 28.8 Å². The smallest absolute Gasteiger partial charge is 0.306 e. The standard InChI is InChI=1S/C55H66N4O8/c1-35(2)44(32-52(62)66-5)54(64)57-28-8-11-48(57)50(60)30-37-13-17-40(18-14-37)46-25-26-47(59(46)43-23-21-39(22-24-43)42-10-7-27-56-34-42)41-19-15-38(16-20-41)31-51(61)49-12-9-29-58(49)55(65)45(36(3)4)33-53(63)67-6/h7,10,13-24,27,34-36,44-49H,8-9,11-12,25-26,28-33H2,1-6H3/t44-,45-,46+,47+,48-,49-/m0/s1. The van der Waals surface area contributed by atoms with Gasteiger partial charge < -0.3 is 24.2 Å². The van der Waals surface area contributed by atoms with Gasteiger partial charge in [-0.15, -0.1) is 0 Å². The van der Waals surface area contributed by atoms with Gasteiger partial charge in [0.05, 0.1) is 63.1 Å². The molecule has 12 heteroatoms. The number of aromatic nitrogens is 1. The first kappa shape index (κ1) is 48.8. The molecule has 0 aliphatic carbocycles. The van der Waals surface area contributed by atoms with Crippen LogP contribution < -0.4 is 4.90 Å². The van der Waals surface area contributed by atoms with Crippen molar-refractivity contribution in [2.24, 2.45) is 23.7 Å². The molecule has 4 aromatic rings. The van der Waals surface area contributed by atoms with Gasteiger partial charge in [0.2, 0.25) is 11.8 Å². The Morgan fingerprint density at radius 3 is 1.42 bits per heavy atom. The summed E-state index contributed by atoms with van der Waals surface area (Å²) >= 11 is 0. The fourth-order valence-corrected chi connectivity index (χ4v) is 10.4. The number of hydrogen-bond acceptors (Lipinski definition) is 10. The van der Waals surface area contributed by atoms with Crippen LogP contribution in [-0.2, 0) is 51.1 Å². The van der Waals surface area contributed by atoms with E-state index in [4.69, 9.17) is 9.47 Å². The number of nitrogens with zero attached hydrogens (tertiary/aromatic N) is 4. The first-order chi connectivity index (χ1) is 32.3. The summed E-state index contributed by atoms with van der Waals surface area (Å²) in [7, 11) is 2.65. The zero-order chi connectivity index (χ0) is 47.8. The lowest BCUT2D eigenvalue weighted by Gasteiger charge is -2.33. The number of carbonyl (C=O) groups excluding carboxylic acids is 6. The minimum Gasteiger partial charge on any atom is -0.469 e. The fraction of sp³-hybridized carbons (Fsp3) is 0.473. The number of rotatable bonds is 18. The quantitative estimate of drug-likeness (QED) is 0.0890. The summed E-state index contributed by atoms with van der Waals surface area (Å²) in [6.45, 7) is 8.68. The Labute approximate surface area is 395 Å². The van der Waals surface area contributed by atoms with Gasteiger partial charge in [-0.3, -0.25) is 33.8 Å². The average Bonchev–Trinajstić information content (AvgIpc) is 4.14. The molecule has 0 bridgehead atoms. The highest BCUT2D eigenvalue weighted by Gasteiger charge is 2.41. The minimum absolute atomic E-state index is 0.00289. The Balaban J connectivity index is 1.07. The number of anilines is 1. The molecule has 3 saturated heterocycles. The molecule has 4 heterocycles. The van der Waals surface area contributed by atoms with Gasteiger partial charge >= 0.3 is 11.9 Å². The predicted molar refractivity (Wildman–Crippen MR) is 257 cm³/mol. The molecule has 7 rings (SSSR count). The average molecular weight is 911 g/mol. The van der Waals surface area contributed by atoms with Crippen LogP contribution in [-0.4, -0.2) is 89.5 Å². The van der Waals surface area contributed by atoms with Crippen LogP contribution in [0, 0.1) is 23.7 Å². The van der Waals surface area contributed by atoms with E-state index >= 15 is 0 Å². The third kappa shape index (κ3) is 11.3.